The van der Waals surface area contributed by atoms with Gasteiger partial charge in [-0.1, -0.05) is 24.5 Å². The molecule has 0 saturated carbocycles. The van der Waals surface area contributed by atoms with E-state index in [0.29, 0.717) is 17.4 Å². The highest BCUT2D eigenvalue weighted by Crippen LogP contribution is 2.22. The third-order valence-electron chi connectivity index (χ3n) is 1.74. The third-order valence-corrected chi connectivity index (χ3v) is 2.03. The minimum Gasteiger partial charge on any atom is -0.492 e. The van der Waals surface area contributed by atoms with Gasteiger partial charge in [0, 0.05) is 0 Å². The Bertz CT molecular complexity index is 289. The zero-order valence-electron chi connectivity index (χ0n) is 7.75. The van der Waals surface area contributed by atoms with Gasteiger partial charge >= 0.3 is 6.92 Å². The summed E-state index contributed by atoms with van der Waals surface area (Å²) < 4.78 is 5.26. The second-order valence-electron chi connectivity index (χ2n) is 2.80. The normalized spacial score (nSPS) is 9.85. The van der Waals surface area contributed by atoms with Crippen LogP contribution in [0.2, 0.25) is 11.8 Å². The number of hydrogen-bond donors (Lipinski definition) is 1. The van der Waals surface area contributed by atoms with Crippen molar-refractivity contribution in [2.75, 3.05) is 6.61 Å². The van der Waals surface area contributed by atoms with Gasteiger partial charge in [0.15, 0.2) is 0 Å². The summed E-state index contributed by atoms with van der Waals surface area (Å²) >= 11 is 5.92. The summed E-state index contributed by atoms with van der Waals surface area (Å²) in [5.74, 6) is 0.661. The summed E-state index contributed by atoms with van der Waals surface area (Å²) in [7, 11) is 0. The Morgan fingerprint density at radius 1 is 1.54 bits per heavy atom. The molecule has 2 nitrogen and oxygen atoms in total. The van der Waals surface area contributed by atoms with Crippen molar-refractivity contribution in [2.45, 2.75) is 13.7 Å². The van der Waals surface area contributed by atoms with Gasteiger partial charge in [-0.05, 0) is 24.5 Å². The molecule has 0 spiro atoms. The van der Waals surface area contributed by atoms with Crippen LogP contribution in [0.4, 0.5) is 0 Å². The van der Waals surface area contributed by atoms with E-state index in [2.05, 4.69) is 0 Å². The zero-order valence-corrected chi connectivity index (χ0v) is 8.51. The molecule has 13 heavy (non-hydrogen) atoms. The van der Waals surface area contributed by atoms with Crippen LogP contribution in [0.3, 0.4) is 0 Å². The van der Waals surface area contributed by atoms with Crippen molar-refractivity contribution >= 4 is 24.0 Å². The van der Waals surface area contributed by atoms with Crippen molar-refractivity contribution < 1.29 is 9.76 Å². The summed E-state index contributed by atoms with van der Waals surface area (Å²) in [4.78, 5) is 0. The van der Waals surface area contributed by atoms with Gasteiger partial charge in [0.1, 0.15) is 5.75 Å². The molecule has 0 unspecified atom stereocenters. The van der Waals surface area contributed by atoms with Gasteiger partial charge in [-0.2, -0.15) is 0 Å². The number of benzene rings is 1. The molecule has 0 amide bonds. The summed E-state index contributed by atoms with van der Waals surface area (Å²) in [6.45, 7) is 3.70. The Morgan fingerprint density at radius 3 is 2.69 bits per heavy atom. The predicted molar refractivity (Wildman–Crippen MR) is 56.1 cm³/mol. The lowest BCUT2D eigenvalue weighted by molar-refractivity contribution is 0.340. The van der Waals surface area contributed by atoms with Gasteiger partial charge in [-0.25, -0.2) is 0 Å². The van der Waals surface area contributed by atoms with Crippen molar-refractivity contribution in [3.63, 3.8) is 0 Å². The molecule has 0 radical (unpaired) electrons. The first-order valence-electron chi connectivity index (χ1n) is 4.25. The largest absolute Gasteiger partial charge is 0.492 e. The average molecular weight is 198 g/mol. The maximum absolute atomic E-state index is 9.27. The van der Waals surface area contributed by atoms with Crippen LogP contribution in [-0.4, -0.2) is 18.5 Å². The van der Waals surface area contributed by atoms with Crippen LogP contribution in [0, 0.1) is 0 Å². The van der Waals surface area contributed by atoms with Gasteiger partial charge in [0.25, 0.3) is 0 Å². The quantitative estimate of drug-likeness (QED) is 0.747. The fourth-order valence-electron chi connectivity index (χ4n) is 1.05. The number of hydrogen-bond acceptors (Lipinski definition) is 2. The van der Waals surface area contributed by atoms with Crippen LogP contribution in [0.25, 0.3) is 0 Å². The molecule has 4 heteroatoms. The van der Waals surface area contributed by atoms with Crippen molar-refractivity contribution in [1.29, 1.82) is 0 Å². The van der Waals surface area contributed by atoms with Crippen LogP contribution in [-0.2, 0) is 0 Å². The molecule has 0 fully saturated rings. The minimum absolute atomic E-state index is 0.492. The van der Waals surface area contributed by atoms with Crippen LogP contribution in [0.1, 0.15) is 6.92 Å². The second kappa shape index (κ2) is 4.54. The van der Waals surface area contributed by atoms with E-state index in [0.717, 1.165) is 5.46 Å². The summed E-state index contributed by atoms with van der Waals surface area (Å²) in [6, 6.07) is 5.30. The molecule has 0 heterocycles. The highest BCUT2D eigenvalue weighted by molar-refractivity contribution is 6.65. The molecule has 0 aliphatic carbocycles. The Hall–Kier alpha value is -0.665. The lowest BCUT2D eigenvalue weighted by atomic mass is 9.64. The highest BCUT2D eigenvalue weighted by Gasteiger charge is 2.09. The molecule has 1 N–H and O–H groups in total. The second-order valence-corrected chi connectivity index (χ2v) is 3.21. The molecular weight excluding hydrogens is 186 g/mol. The van der Waals surface area contributed by atoms with E-state index in [9.17, 15) is 5.02 Å². The molecule has 1 rings (SSSR count). The first kappa shape index (κ1) is 10.4. The van der Waals surface area contributed by atoms with Crippen molar-refractivity contribution in [3.05, 3.63) is 23.2 Å². The van der Waals surface area contributed by atoms with Crippen molar-refractivity contribution in [2.24, 2.45) is 0 Å². The predicted octanol–water partition coefficient (Wildman–Crippen LogP) is 1.56. The molecule has 0 atom stereocenters. The topological polar surface area (TPSA) is 29.5 Å². The molecule has 0 aromatic heterocycles. The first-order chi connectivity index (χ1) is 6.15. The van der Waals surface area contributed by atoms with Gasteiger partial charge in [-0.15, -0.1) is 0 Å². The van der Waals surface area contributed by atoms with Crippen LogP contribution < -0.4 is 10.2 Å². The number of ether oxygens (including phenoxy) is 1. The van der Waals surface area contributed by atoms with Crippen molar-refractivity contribution in [1.82, 2.24) is 0 Å². The van der Waals surface area contributed by atoms with E-state index < -0.39 is 6.92 Å². The molecule has 0 saturated heterocycles. The number of rotatable bonds is 3. The van der Waals surface area contributed by atoms with Gasteiger partial charge in [-0.3, -0.25) is 0 Å². The standard InChI is InChI=1S/C9H12BClO2/c1-3-13-9-5-4-7(10(2)12)6-8(9)11/h4-6,12H,3H2,1-2H3. The zero-order chi connectivity index (χ0) is 9.84. The van der Waals surface area contributed by atoms with E-state index in [1.54, 1.807) is 19.0 Å². The summed E-state index contributed by atoms with van der Waals surface area (Å²) in [5.41, 5.74) is 0.799. The number of halogens is 1. The molecular formula is C9H12BClO2. The van der Waals surface area contributed by atoms with Gasteiger partial charge in [0.05, 0.1) is 11.6 Å². The monoisotopic (exact) mass is 198 g/mol. The summed E-state index contributed by atoms with van der Waals surface area (Å²) in [5, 5.41) is 9.81. The first-order valence-corrected chi connectivity index (χ1v) is 4.63. The fraction of sp³-hybridized carbons (Fsp3) is 0.333. The molecule has 0 aliphatic rings. The van der Waals surface area contributed by atoms with E-state index >= 15 is 0 Å². The van der Waals surface area contributed by atoms with Gasteiger partial charge in [0.2, 0.25) is 0 Å². The van der Waals surface area contributed by atoms with E-state index in [-0.39, 0.29) is 0 Å². The van der Waals surface area contributed by atoms with Crippen LogP contribution in [0.5, 0.6) is 5.75 Å². The molecule has 1 aromatic carbocycles. The van der Waals surface area contributed by atoms with Crippen LogP contribution >= 0.6 is 11.6 Å². The Balaban J connectivity index is 2.92. The maximum atomic E-state index is 9.27. The SMILES string of the molecule is CCOc1ccc(B(C)O)cc1Cl. The molecule has 0 aliphatic heterocycles. The van der Waals surface area contributed by atoms with E-state index in [1.807, 2.05) is 13.0 Å². The molecule has 0 bridgehead atoms. The minimum atomic E-state index is -0.492. The maximum Gasteiger partial charge on any atom is 0.320 e. The van der Waals surface area contributed by atoms with E-state index in [4.69, 9.17) is 16.3 Å². The fourth-order valence-corrected chi connectivity index (χ4v) is 1.29. The summed E-state index contributed by atoms with van der Waals surface area (Å²) in [6.07, 6.45) is 0. The van der Waals surface area contributed by atoms with E-state index in [1.165, 1.54) is 0 Å². The Kier molecular flexibility index (Phi) is 3.64. The van der Waals surface area contributed by atoms with Crippen molar-refractivity contribution in [3.8, 4) is 5.75 Å². The van der Waals surface area contributed by atoms with Gasteiger partial charge < -0.3 is 9.76 Å². The third kappa shape index (κ3) is 2.64. The lowest BCUT2D eigenvalue weighted by Crippen LogP contribution is -2.25. The molecule has 1 aromatic rings. The molecule has 70 valence electrons. The Labute approximate surface area is 83.6 Å². The average Bonchev–Trinajstić information content (AvgIpc) is 2.08. The Morgan fingerprint density at radius 2 is 2.23 bits per heavy atom. The smallest absolute Gasteiger partial charge is 0.320 e. The highest BCUT2D eigenvalue weighted by atomic mass is 35.5. The van der Waals surface area contributed by atoms with Crippen LogP contribution in [0.15, 0.2) is 18.2 Å². The lowest BCUT2D eigenvalue weighted by Gasteiger charge is -2.07.